The molecule has 0 spiro atoms. The fourth-order valence-corrected chi connectivity index (χ4v) is 2.00. The molecule has 0 aromatic heterocycles. The van der Waals surface area contributed by atoms with Crippen LogP contribution >= 0.6 is 0 Å². The second kappa shape index (κ2) is 6.33. The van der Waals surface area contributed by atoms with Gasteiger partial charge < -0.3 is 4.74 Å². The second-order valence-electron chi connectivity index (χ2n) is 4.90. The van der Waals surface area contributed by atoms with Crippen LogP contribution in [0.2, 0.25) is 0 Å². The molecule has 2 aromatic rings. The number of hydrogen-bond acceptors (Lipinski definition) is 2. The Bertz CT molecular complexity index is 603. The first kappa shape index (κ1) is 14.3. The van der Waals surface area contributed by atoms with Crippen molar-refractivity contribution in [2.45, 2.75) is 20.3 Å². The Balaban J connectivity index is 1.90. The van der Waals surface area contributed by atoms with Gasteiger partial charge in [-0.3, -0.25) is 4.79 Å². The number of Topliss-reactive ketones (excluding diaryl/α,β-unsaturated/α-hetero) is 1. The van der Waals surface area contributed by atoms with E-state index in [4.69, 9.17) is 4.74 Å². The van der Waals surface area contributed by atoms with E-state index in [-0.39, 0.29) is 24.6 Å². The van der Waals surface area contributed by atoms with Crippen molar-refractivity contribution in [3.8, 4) is 5.75 Å². The molecule has 0 aliphatic heterocycles. The number of carbonyl (C=O) groups is 1. The van der Waals surface area contributed by atoms with Crippen LogP contribution in [0, 0.1) is 19.7 Å². The maximum Gasteiger partial charge on any atom is 0.174 e. The lowest BCUT2D eigenvalue weighted by atomic mass is 10.1. The summed E-state index contributed by atoms with van der Waals surface area (Å²) in [4.78, 5) is 11.8. The molecule has 0 aliphatic carbocycles. The van der Waals surface area contributed by atoms with Crippen molar-refractivity contribution >= 4 is 5.78 Å². The van der Waals surface area contributed by atoms with Gasteiger partial charge in [0, 0.05) is 6.42 Å². The quantitative estimate of drug-likeness (QED) is 0.830. The molecule has 0 atom stereocenters. The van der Waals surface area contributed by atoms with Crippen molar-refractivity contribution in [3.63, 3.8) is 0 Å². The van der Waals surface area contributed by atoms with Crippen LogP contribution in [0.15, 0.2) is 42.5 Å². The summed E-state index contributed by atoms with van der Waals surface area (Å²) in [7, 11) is 0. The summed E-state index contributed by atoms with van der Waals surface area (Å²) in [6.07, 6.45) is 0.255. The topological polar surface area (TPSA) is 26.3 Å². The van der Waals surface area contributed by atoms with Crippen molar-refractivity contribution < 1.29 is 13.9 Å². The van der Waals surface area contributed by atoms with Gasteiger partial charge in [0.1, 0.15) is 18.2 Å². The van der Waals surface area contributed by atoms with Gasteiger partial charge in [-0.05, 0) is 43.2 Å². The van der Waals surface area contributed by atoms with Crippen LogP contribution in [0.5, 0.6) is 5.75 Å². The lowest BCUT2D eigenvalue weighted by molar-refractivity contribution is -0.120. The molecule has 0 saturated carbocycles. The Labute approximate surface area is 118 Å². The van der Waals surface area contributed by atoms with Crippen LogP contribution in [0.25, 0.3) is 0 Å². The molecular weight excluding hydrogens is 255 g/mol. The van der Waals surface area contributed by atoms with Crippen LogP contribution < -0.4 is 4.74 Å². The van der Waals surface area contributed by atoms with E-state index in [0.29, 0.717) is 0 Å². The van der Waals surface area contributed by atoms with E-state index in [1.54, 1.807) is 12.1 Å². The van der Waals surface area contributed by atoms with Crippen LogP contribution in [-0.2, 0) is 11.2 Å². The highest BCUT2D eigenvalue weighted by molar-refractivity contribution is 5.82. The van der Waals surface area contributed by atoms with E-state index in [1.807, 2.05) is 32.0 Å². The second-order valence-corrected chi connectivity index (χ2v) is 4.90. The number of ether oxygens (including phenoxy) is 1. The standard InChI is InChI=1S/C17H17FO2/c1-12-3-8-17(13(2)9-12)20-11-16(19)10-14-4-6-15(18)7-5-14/h3-9H,10-11H2,1-2H3. The van der Waals surface area contributed by atoms with Gasteiger partial charge >= 0.3 is 0 Å². The van der Waals surface area contributed by atoms with Gasteiger partial charge in [0.15, 0.2) is 5.78 Å². The Morgan fingerprint density at radius 2 is 1.80 bits per heavy atom. The summed E-state index contributed by atoms with van der Waals surface area (Å²) in [5, 5.41) is 0. The van der Waals surface area contributed by atoms with E-state index in [9.17, 15) is 9.18 Å². The van der Waals surface area contributed by atoms with Gasteiger partial charge in [-0.25, -0.2) is 4.39 Å². The summed E-state index contributed by atoms with van der Waals surface area (Å²) in [5.41, 5.74) is 2.97. The van der Waals surface area contributed by atoms with E-state index in [0.717, 1.165) is 22.4 Å². The Kier molecular flexibility index (Phi) is 4.51. The predicted octanol–water partition coefficient (Wildman–Crippen LogP) is 3.63. The van der Waals surface area contributed by atoms with Crippen LogP contribution in [-0.4, -0.2) is 12.4 Å². The van der Waals surface area contributed by atoms with Gasteiger partial charge in [-0.15, -0.1) is 0 Å². The normalized spacial score (nSPS) is 10.3. The molecule has 2 rings (SSSR count). The Morgan fingerprint density at radius 1 is 1.10 bits per heavy atom. The molecule has 0 aliphatic rings. The van der Waals surface area contributed by atoms with Crippen molar-refractivity contribution in [2.24, 2.45) is 0 Å². The molecule has 20 heavy (non-hydrogen) atoms. The molecule has 0 saturated heterocycles. The molecule has 0 bridgehead atoms. The largest absolute Gasteiger partial charge is 0.486 e. The maximum absolute atomic E-state index is 12.8. The molecule has 0 unspecified atom stereocenters. The van der Waals surface area contributed by atoms with Crippen molar-refractivity contribution in [2.75, 3.05) is 6.61 Å². The van der Waals surface area contributed by atoms with E-state index >= 15 is 0 Å². The third-order valence-electron chi connectivity index (χ3n) is 3.03. The molecule has 104 valence electrons. The van der Waals surface area contributed by atoms with Crippen molar-refractivity contribution in [1.82, 2.24) is 0 Å². The van der Waals surface area contributed by atoms with Gasteiger partial charge in [-0.2, -0.15) is 0 Å². The smallest absolute Gasteiger partial charge is 0.174 e. The number of halogens is 1. The lowest BCUT2D eigenvalue weighted by Crippen LogP contribution is -2.14. The van der Waals surface area contributed by atoms with Crippen LogP contribution in [0.1, 0.15) is 16.7 Å². The zero-order valence-corrected chi connectivity index (χ0v) is 11.7. The summed E-state index contributed by atoms with van der Waals surface area (Å²) >= 11 is 0. The van der Waals surface area contributed by atoms with Gasteiger partial charge in [0.2, 0.25) is 0 Å². The predicted molar refractivity (Wildman–Crippen MR) is 76.5 cm³/mol. The van der Waals surface area contributed by atoms with Crippen molar-refractivity contribution in [1.29, 1.82) is 0 Å². The number of hydrogen-bond donors (Lipinski definition) is 0. The fraction of sp³-hybridized carbons (Fsp3) is 0.235. The first-order chi connectivity index (χ1) is 9.54. The van der Waals surface area contributed by atoms with E-state index < -0.39 is 0 Å². The van der Waals surface area contributed by atoms with Crippen molar-refractivity contribution in [3.05, 3.63) is 65.0 Å². The summed E-state index contributed by atoms with van der Waals surface area (Å²) in [6.45, 7) is 3.99. The molecular formula is C17H17FO2. The maximum atomic E-state index is 12.8. The molecule has 3 heteroatoms. The number of benzene rings is 2. The zero-order valence-electron chi connectivity index (χ0n) is 11.7. The lowest BCUT2D eigenvalue weighted by Gasteiger charge is -2.09. The minimum absolute atomic E-state index is 0.0290. The molecule has 0 N–H and O–H groups in total. The SMILES string of the molecule is Cc1ccc(OCC(=O)Cc2ccc(F)cc2)c(C)c1. The summed E-state index contributed by atoms with van der Waals surface area (Å²) in [6, 6.07) is 11.8. The molecule has 0 radical (unpaired) electrons. The average Bonchev–Trinajstić information content (AvgIpc) is 2.40. The first-order valence-electron chi connectivity index (χ1n) is 6.51. The van der Waals surface area contributed by atoms with Gasteiger partial charge in [-0.1, -0.05) is 29.8 Å². The van der Waals surface area contributed by atoms with Crippen LogP contribution in [0.3, 0.4) is 0 Å². The number of rotatable bonds is 5. The molecule has 2 aromatic carbocycles. The Hall–Kier alpha value is -2.16. The first-order valence-corrected chi connectivity index (χ1v) is 6.51. The van der Waals surface area contributed by atoms with Crippen LogP contribution in [0.4, 0.5) is 4.39 Å². The highest BCUT2D eigenvalue weighted by Gasteiger charge is 2.07. The molecule has 0 amide bonds. The molecule has 0 fully saturated rings. The molecule has 0 heterocycles. The number of aryl methyl sites for hydroxylation is 2. The third kappa shape index (κ3) is 3.92. The Morgan fingerprint density at radius 3 is 2.45 bits per heavy atom. The monoisotopic (exact) mass is 272 g/mol. The van der Waals surface area contributed by atoms with E-state index in [1.165, 1.54) is 12.1 Å². The minimum atomic E-state index is -0.298. The number of carbonyl (C=O) groups excluding carboxylic acids is 1. The highest BCUT2D eigenvalue weighted by Crippen LogP contribution is 2.18. The number of ketones is 1. The molecule has 2 nitrogen and oxygen atoms in total. The van der Waals surface area contributed by atoms with Gasteiger partial charge in [0.05, 0.1) is 0 Å². The fourth-order valence-electron chi connectivity index (χ4n) is 2.00. The zero-order chi connectivity index (χ0) is 14.5. The highest BCUT2D eigenvalue weighted by atomic mass is 19.1. The average molecular weight is 272 g/mol. The summed E-state index contributed by atoms with van der Waals surface area (Å²) in [5.74, 6) is 0.396. The minimum Gasteiger partial charge on any atom is -0.486 e. The summed E-state index contributed by atoms with van der Waals surface area (Å²) < 4.78 is 18.3. The van der Waals surface area contributed by atoms with Gasteiger partial charge in [0.25, 0.3) is 0 Å². The van der Waals surface area contributed by atoms with E-state index in [2.05, 4.69) is 0 Å². The third-order valence-corrected chi connectivity index (χ3v) is 3.03.